The molecule has 94 valence electrons. The molecule has 0 amide bonds. The van der Waals surface area contributed by atoms with Crippen LogP contribution in [0.25, 0.3) is 0 Å². The molecule has 1 aromatic rings. The van der Waals surface area contributed by atoms with Crippen LogP contribution >= 0.6 is 0 Å². The molecule has 0 aliphatic heterocycles. The van der Waals surface area contributed by atoms with E-state index in [-0.39, 0.29) is 0 Å². The van der Waals surface area contributed by atoms with Crippen molar-refractivity contribution in [1.82, 2.24) is 0 Å². The Kier molecular flexibility index (Phi) is 6.38. The number of ether oxygens (including phenoxy) is 1. The van der Waals surface area contributed by atoms with E-state index in [2.05, 4.69) is 6.92 Å². The molecule has 2 heteroatoms. The smallest absolute Gasteiger partial charge is 0.153 e. The highest BCUT2D eigenvalue weighted by molar-refractivity contribution is 5.80. The van der Waals surface area contributed by atoms with Crippen LogP contribution < -0.4 is 4.74 Å². The molecule has 0 aromatic heterocycles. The van der Waals surface area contributed by atoms with Crippen molar-refractivity contribution in [3.05, 3.63) is 29.3 Å². The molecule has 0 saturated carbocycles. The average Bonchev–Trinajstić information content (AvgIpc) is 2.35. The number of carbonyl (C=O) groups is 1. The van der Waals surface area contributed by atoms with Gasteiger partial charge < -0.3 is 4.74 Å². The summed E-state index contributed by atoms with van der Waals surface area (Å²) in [5.41, 5.74) is 1.68. The van der Waals surface area contributed by atoms with E-state index in [4.69, 9.17) is 4.74 Å². The van der Waals surface area contributed by atoms with Crippen molar-refractivity contribution in [2.45, 2.75) is 46.0 Å². The molecule has 0 radical (unpaired) electrons. The van der Waals surface area contributed by atoms with Crippen LogP contribution in [-0.4, -0.2) is 12.9 Å². The van der Waals surface area contributed by atoms with Crippen molar-refractivity contribution < 1.29 is 9.53 Å². The van der Waals surface area contributed by atoms with Gasteiger partial charge in [0.1, 0.15) is 5.75 Å². The van der Waals surface area contributed by atoms with Gasteiger partial charge in [-0.15, -0.1) is 0 Å². The third kappa shape index (κ3) is 4.59. The summed E-state index contributed by atoms with van der Waals surface area (Å²) in [5, 5.41) is 0. The first-order valence-electron chi connectivity index (χ1n) is 6.47. The van der Waals surface area contributed by atoms with Crippen molar-refractivity contribution >= 4 is 6.29 Å². The second-order valence-electron chi connectivity index (χ2n) is 4.37. The number of aryl methyl sites for hydroxylation is 1. The van der Waals surface area contributed by atoms with E-state index in [1.807, 2.05) is 19.1 Å². The van der Waals surface area contributed by atoms with Gasteiger partial charge in [-0.05, 0) is 25.0 Å². The predicted molar refractivity (Wildman–Crippen MR) is 70.8 cm³/mol. The molecule has 0 saturated heterocycles. The quantitative estimate of drug-likeness (QED) is 0.499. The molecule has 0 aliphatic carbocycles. The molecule has 0 unspecified atom stereocenters. The number of hydrogen-bond acceptors (Lipinski definition) is 2. The fraction of sp³-hybridized carbons (Fsp3) is 0.533. The van der Waals surface area contributed by atoms with Crippen LogP contribution in [-0.2, 0) is 0 Å². The summed E-state index contributed by atoms with van der Waals surface area (Å²) in [4.78, 5) is 10.9. The van der Waals surface area contributed by atoms with Gasteiger partial charge in [-0.1, -0.05) is 44.7 Å². The van der Waals surface area contributed by atoms with E-state index in [1.54, 1.807) is 6.07 Å². The topological polar surface area (TPSA) is 26.3 Å². The number of rotatable bonds is 8. The van der Waals surface area contributed by atoms with E-state index >= 15 is 0 Å². The third-order valence-corrected chi connectivity index (χ3v) is 2.86. The van der Waals surface area contributed by atoms with Crippen LogP contribution in [0.1, 0.15) is 54.9 Å². The normalized spacial score (nSPS) is 10.2. The van der Waals surface area contributed by atoms with E-state index < -0.39 is 0 Å². The van der Waals surface area contributed by atoms with Gasteiger partial charge >= 0.3 is 0 Å². The molecule has 2 nitrogen and oxygen atoms in total. The van der Waals surface area contributed by atoms with Crippen LogP contribution in [0.2, 0.25) is 0 Å². The summed E-state index contributed by atoms with van der Waals surface area (Å²) in [6, 6.07) is 5.65. The van der Waals surface area contributed by atoms with Gasteiger partial charge in [0.25, 0.3) is 0 Å². The Hall–Kier alpha value is -1.31. The standard InChI is InChI=1S/C15H22O2/c1-3-4-5-6-7-11-17-15-13(2)9-8-10-14(15)12-16/h8-10,12H,3-7,11H2,1-2H3. The lowest BCUT2D eigenvalue weighted by Crippen LogP contribution is -2.01. The number of unbranched alkanes of at least 4 members (excludes halogenated alkanes) is 4. The SMILES string of the molecule is CCCCCCCOc1c(C)cccc1C=O. The van der Waals surface area contributed by atoms with Crippen LogP contribution in [0.15, 0.2) is 18.2 Å². The van der Waals surface area contributed by atoms with Gasteiger partial charge in [-0.2, -0.15) is 0 Å². The van der Waals surface area contributed by atoms with Crippen LogP contribution in [0.4, 0.5) is 0 Å². The largest absolute Gasteiger partial charge is 0.493 e. The fourth-order valence-corrected chi connectivity index (χ4v) is 1.84. The molecule has 0 N–H and O–H groups in total. The van der Waals surface area contributed by atoms with Crippen molar-refractivity contribution in [2.24, 2.45) is 0 Å². The van der Waals surface area contributed by atoms with E-state index in [0.29, 0.717) is 12.2 Å². The first-order valence-corrected chi connectivity index (χ1v) is 6.47. The fourth-order valence-electron chi connectivity index (χ4n) is 1.84. The van der Waals surface area contributed by atoms with Crippen molar-refractivity contribution in [2.75, 3.05) is 6.61 Å². The Labute approximate surface area is 104 Å². The summed E-state index contributed by atoms with van der Waals surface area (Å²) < 4.78 is 5.71. The maximum atomic E-state index is 10.9. The number of benzene rings is 1. The number of carbonyl (C=O) groups excluding carboxylic acids is 1. The lowest BCUT2D eigenvalue weighted by molar-refractivity contribution is 0.111. The minimum atomic E-state index is 0.651. The predicted octanol–water partition coefficient (Wildman–Crippen LogP) is 4.16. The molecule has 0 spiro atoms. The average molecular weight is 234 g/mol. The van der Waals surface area contributed by atoms with Crippen LogP contribution in [0.3, 0.4) is 0 Å². The summed E-state index contributed by atoms with van der Waals surface area (Å²) in [7, 11) is 0. The molecule has 1 rings (SSSR count). The van der Waals surface area contributed by atoms with Gasteiger partial charge in [0.05, 0.1) is 12.2 Å². The van der Waals surface area contributed by atoms with Gasteiger partial charge in [-0.3, -0.25) is 4.79 Å². The summed E-state index contributed by atoms with van der Waals surface area (Å²) >= 11 is 0. The molecule has 0 fully saturated rings. The Balaban J connectivity index is 2.38. The zero-order valence-corrected chi connectivity index (χ0v) is 10.9. The van der Waals surface area contributed by atoms with E-state index in [0.717, 1.165) is 24.0 Å². The minimum Gasteiger partial charge on any atom is -0.493 e. The van der Waals surface area contributed by atoms with Crippen LogP contribution in [0, 0.1) is 6.92 Å². The number of para-hydroxylation sites is 1. The van der Waals surface area contributed by atoms with E-state index in [1.165, 1.54) is 25.7 Å². The molecular formula is C15H22O2. The van der Waals surface area contributed by atoms with Gasteiger partial charge in [0.2, 0.25) is 0 Å². The van der Waals surface area contributed by atoms with Gasteiger partial charge in [-0.25, -0.2) is 0 Å². The Morgan fingerprint density at radius 1 is 1.18 bits per heavy atom. The molecule has 17 heavy (non-hydrogen) atoms. The molecular weight excluding hydrogens is 212 g/mol. The summed E-state index contributed by atoms with van der Waals surface area (Å²) in [6.07, 6.45) is 6.95. The zero-order valence-electron chi connectivity index (χ0n) is 10.9. The maximum absolute atomic E-state index is 10.9. The summed E-state index contributed by atoms with van der Waals surface area (Å²) in [6.45, 7) is 4.88. The molecule has 0 atom stereocenters. The molecule has 0 heterocycles. The third-order valence-electron chi connectivity index (χ3n) is 2.86. The highest BCUT2D eigenvalue weighted by Gasteiger charge is 2.05. The lowest BCUT2D eigenvalue weighted by Gasteiger charge is -2.10. The number of aldehydes is 1. The minimum absolute atomic E-state index is 0.651. The maximum Gasteiger partial charge on any atom is 0.153 e. The first-order chi connectivity index (χ1) is 8.29. The second kappa shape index (κ2) is 7.88. The van der Waals surface area contributed by atoms with E-state index in [9.17, 15) is 4.79 Å². The zero-order chi connectivity index (χ0) is 12.5. The number of hydrogen-bond donors (Lipinski definition) is 0. The lowest BCUT2D eigenvalue weighted by atomic mass is 10.1. The van der Waals surface area contributed by atoms with Crippen LogP contribution in [0.5, 0.6) is 5.75 Å². The van der Waals surface area contributed by atoms with Crippen molar-refractivity contribution in [3.8, 4) is 5.75 Å². The molecule has 0 bridgehead atoms. The Morgan fingerprint density at radius 2 is 1.94 bits per heavy atom. The monoisotopic (exact) mass is 234 g/mol. The van der Waals surface area contributed by atoms with Crippen molar-refractivity contribution in [3.63, 3.8) is 0 Å². The Bertz CT molecular complexity index is 345. The summed E-state index contributed by atoms with van der Waals surface area (Å²) in [5.74, 6) is 0.748. The van der Waals surface area contributed by atoms with Gasteiger partial charge in [0, 0.05) is 0 Å². The first kappa shape index (κ1) is 13.8. The van der Waals surface area contributed by atoms with Gasteiger partial charge in [0.15, 0.2) is 6.29 Å². The highest BCUT2D eigenvalue weighted by Crippen LogP contribution is 2.22. The second-order valence-corrected chi connectivity index (χ2v) is 4.37. The Morgan fingerprint density at radius 3 is 2.65 bits per heavy atom. The molecule has 1 aromatic carbocycles. The molecule has 0 aliphatic rings. The van der Waals surface area contributed by atoms with Crippen molar-refractivity contribution in [1.29, 1.82) is 0 Å². The highest BCUT2D eigenvalue weighted by atomic mass is 16.5.